The summed E-state index contributed by atoms with van der Waals surface area (Å²) in [5.41, 5.74) is -1.29. The maximum atomic E-state index is 14.4. The molecule has 1 fully saturated rings. The van der Waals surface area contributed by atoms with E-state index in [2.05, 4.69) is 4.74 Å². The number of alkyl halides is 3. The molecule has 0 saturated carbocycles. The van der Waals surface area contributed by atoms with Crippen LogP contribution in [0.4, 0.5) is 17.6 Å². The summed E-state index contributed by atoms with van der Waals surface area (Å²) in [6.45, 7) is 1.71. The number of hydrogen-bond donors (Lipinski definition) is 0. The van der Waals surface area contributed by atoms with Gasteiger partial charge in [-0.25, -0.2) is 9.18 Å². The zero-order chi connectivity index (χ0) is 18.4. The Bertz CT molecular complexity index is 719. The minimum absolute atomic E-state index is 0.00288. The molecule has 0 spiro atoms. The van der Waals surface area contributed by atoms with Gasteiger partial charge in [-0.2, -0.15) is 13.2 Å². The lowest BCUT2D eigenvalue weighted by Gasteiger charge is -2.35. The molecular formula is C16H15F4NO4. The molecule has 1 aromatic rings. The number of ether oxygens (including phenoxy) is 2. The van der Waals surface area contributed by atoms with Crippen LogP contribution >= 0.6 is 0 Å². The van der Waals surface area contributed by atoms with E-state index in [0.29, 0.717) is 18.9 Å². The van der Waals surface area contributed by atoms with E-state index < -0.39 is 41.6 Å². The third-order valence-electron chi connectivity index (χ3n) is 4.28. The highest BCUT2D eigenvalue weighted by molar-refractivity contribution is 6.32. The number of halogens is 4. The first-order valence-corrected chi connectivity index (χ1v) is 7.79. The summed E-state index contributed by atoms with van der Waals surface area (Å²) in [5, 5.41) is 0. The maximum Gasteiger partial charge on any atom is 0.416 e. The number of esters is 1. The van der Waals surface area contributed by atoms with Crippen LogP contribution in [-0.2, 0) is 20.5 Å². The normalized spacial score (nSPS) is 22.0. The molecule has 25 heavy (non-hydrogen) atoms. The van der Waals surface area contributed by atoms with Gasteiger partial charge in [0.1, 0.15) is 23.7 Å². The molecular weight excluding hydrogens is 346 g/mol. The van der Waals surface area contributed by atoms with Crippen LogP contribution in [-0.4, -0.2) is 36.0 Å². The lowest BCUT2D eigenvalue weighted by molar-refractivity contribution is -0.162. The molecule has 1 aromatic carbocycles. The number of carbonyl (C=O) groups excluding carboxylic acids is 2. The van der Waals surface area contributed by atoms with Gasteiger partial charge in [-0.15, -0.1) is 0 Å². The molecule has 0 aliphatic carbocycles. The number of hydrogen-bond acceptors (Lipinski definition) is 4. The smallest absolute Gasteiger partial charge is 0.416 e. The molecule has 0 aromatic heterocycles. The number of carbonyl (C=O) groups is 2. The van der Waals surface area contributed by atoms with Crippen LogP contribution in [0, 0.1) is 5.82 Å². The summed E-state index contributed by atoms with van der Waals surface area (Å²) in [6, 6.07) is 0.165. The Labute approximate surface area is 140 Å². The highest BCUT2D eigenvalue weighted by Gasteiger charge is 2.47. The molecule has 0 unspecified atom stereocenters. The van der Waals surface area contributed by atoms with Crippen molar-refractivity contribution in [3.05, 3.63) is 29.1 Å². The summed E-state index contributed by atoms with van der Waals surface area (Å²) >= 11 is 0. The first-order chi connectivity index (χ1) is 11.7. The Morgan fingerprint density at radius 3 is 2.72 bits per heavy atom. The van der Waals surface area contributed by atoms with Crippen LogP contribution in [0.3, 0.4) is 0 Å². The first kappa shape index (κ1) is 17.5. The van der Waals surface area contributed by atoms with Crippen LogP contribution in [0.1, 0.15) is 36.9 Å². The van der Waals surface area contributed by atoms with Crippen LogP contribution in [0.25, 0.3) is 0 Å². The van der Waals surface area contributed by atoms with Crippen LogP contribution in [0.5, 0.6) is 5.75 Å². The number of piperidine rings is 1. The number of nitrogens with zero attached hydrogens (tertiary/aromatic N) is 1. The topological polar surface area (TPSA) is 55.8 Å². The van der Waals surface area contributed by atoms with Crippen molar-refractivity contribution in [1.29, 1.82) is 0 Å². The van der Waals surface area contributed by atoms with Gasteiger partial charge in [0.2, 0.25) is 0 Å². The predicted octanol–water partition coefficient (Wildman–Crippen LogP) is 2.83. The molecule has 2 aliphatic heterocycles. The monoisotopic (exact) mass is 361 g/mol. The van der Waals surface area contributed by atoms with E-state index in [4.69, 9.17) is 4.74 Å². The summed E-state index contributed by atoms with van der Waals surface area (Å²) < 4.78 is 63.1. The fraction of sp³-hybridized carbons (Fsp3) is 0.500. The Kier molecular flexibility index (Phi) is 4.34. The number of rotatable bonds is 1. The zero-order valence-electron chi connectivity index (χ0n) is 13.2. The number of fused-ring (bicyclic) bond motifs is 3. The second kappa shape index (κ2) is 6.20. The van der Waals surface area contributed by atoms with Crippen molar-refractivity contribution in [2.24, 2.45) is 0 Å². The van der Waals surface area contributed by atoms with Gasteiger partial charge >= 0.3 is 18.1 Å². The van der Waals surface area contributed by atoms with Gasteiger partial charge in [0.15, 0.2) is 0 Å². The molecule has 136 valence electrons. The second-order valence-electron chi connectivity index (χ2n) is 5.83. The number of benzene rings is 1. The molecule has 2 heterocycles. The van der Waals surface area contributed by atoms with Crippen molar-refractivity contribution in [1.82, 2.24) is 4.90 Å². The molecule has 0 bridgehead atoms. The van der Waals surface area contributed by atoms with Gasteiger partial charge in [0.05, 0.1) is 17.7 Å². The maximum absolute atomic E-state index is 14.4. The Balaban J connectivity index is 1.99. The van der Waals surface area contributed by atoms with Crippen LogP contribution in [0.2, 0.25) is 0 Å². The molecule has 1 saturated heterocycles. The molecule has 0 radical (unpaired) electrons. The lowest BCUT2D eigenvalue weighted by atomic mass is 9.93. The summed E-state index contributed by atoms with van der Waals surface area (Å²) in [5.74, 6) is -3.39. The van der Waals surface area contributed by atoms with E-state index in [9.17, 15) is 27.2 Å². The average Bonchev–Trinajstić information content (AvgIpc) is 2.92. The zero-order valence-corrected chi connectivity index (χ0v) is 13.2. The fourth-order valence-corrected chi connectivity index (χ4v) is 3.27. The van der Waals surface area contributed by atoms with Crippen molar-refractivity contribution >= 4 is 11.9 Å². The van der Waals surface area contributed by atoms with E-state index in [0.717, 1.165) is 11.0 Å². The van der Waals surface area contributed by atoms with Crippen LogP contribution in [0.15, 0.2) is 12.1 Å². The predicted molar refractivity (Wildman–Crippen MR) is 76.1 cm³/mol. The Morgan fingerprint density at radius 1 is 1.36 bits per heavy atom. The van der Waals surface area contributed by atoms with E-state index in [1.54, 1.807) is 0 Å². The third-order valence-corrected chi connectivity index (χ3v) is 4.28. The van der Waals surface area contributed by atoms with Gasteiger partial charge in [0.25, 0.3) is 0 Å². The fourth-order valence-electron chi connectivity index (χ4n) is 3.27. The number of likely N-dealkylation sites (tertiary alicyclic amines) is 1. The number of amides is 1. The molecule has 1 amide bonds. The average molecular weight is 361 g/mol. The van der Waals surface area contributed by atoms with Crippen molar-refractivity contribution < 1.29 is 36.6 Å². The van der Waals surface area contributed by atoms with E-state index in [1.165, 1.54) is 6.92 Å². The van der Waals surface area contributed by atoms with Crippen molar-refractivity contribution in [2.45, 2.75) is 38.1 Å². The second-order valence-corrected chi connectivity index (χ2v) is 5.83. The van der Waals surface area contributed by atoms with Crippen molar-refractivity contribution in [2.75, 3.05) is 13.2 Å². The molecule has 2 aliphatic rings. The van der Waals surface area contributed by atoms with E-state index >= 15 is 0 Å². The molecule has 0 N–H and O–H groups in total. The molecule has 2 atom stereocenters. The van der Waals surface area contributed by atoms with E-state index in [1.807, 2.05) is 0 Å². The first-order valence-electron chi connectivity index (χ1n) is 7.79. The molecule has 5 nitrogen and oxygen atoms in total. The summed E-state index contributed by atoms with van der Waals surface area (Å²) in [4.78, 5) is 25.1. The van der Waals surface area contributed by atoms with Crippen molar-refractivity contribution in [3.8, 4) is 5.75 Å². The molecule has 3 rings (SSSR count). The minimum atomic E-state index is -4.71. The highest BCUT2D eigenvalue weighted by atomic mass is 19.4. The van der Waals surface area contributed by atoms with Gasteiger partial charge in [-0.3, -0.25) is 4.79 Å². The van der Waals surface area contributed by atoms with Crippen molar-refractivity contribution in [3.63, 3.8) is 0 Å². The lowest BCUT2D eigenvalue weighted by Crippen LogP contribution is -2.47. The molecule has 9 heteroatoms. The minimum Gasteiger partial charge on any atom is -0.487 e. The van der Waals surface area contributed by atoms with Gasteiger partial charge in [-0.05, 0) is 31.9 Å². The largest absolute Gasteiger partial charge is 0.487 e. The van der Waals surface area contributed by atoms with Gasteiger partial charge < -0.3 is 14.4 Å². The standard InChI is InChI=1S/C16H15F4NO4/c1-2-24-15(23)14(22)21-5-3-4-10-13(21)12-9(17)6-8(16(18,19)20)7-11(12)25-10/h6-7,10,13H,2-5H2,1H3/t10-,13+/m0/s1. The summed E-state index contributed by atoms with van der Waals surface area (Å²) in [7, 11) is 0. The Hall–Kier alpha value is -2.32. The summed E-state index contributed by atoms with van der Waals surface area (Å²) in [6.07, 6.45) is -4.49. The quantitative estimate of drug-likeness (QED) is 0.439. The third kappa shape index (κ3) is 3.03. The van der Waals surface area contributed by atoms with Gasteiger partial charge in [-0.1, -0.05) is 0 Å². The van der Waals surface area contributed by atoms with Gasteiger partial charge in [0, 0.05) is 6.54 Å². The van der Waals surface area contributed by atoms with Crippen LogP contribution < -0.4 is 4.74 Å². The highest BCUT2D eigenvalue weighted by Crippen LogP contribution is 2.47. The SMILES string of the molecule is CCOC(=O)C(=O)N1CCC[C@@H]2Oc3cc(C(F)(F)F)cc(F)c3[C@@H]21. The Morgan fingerprint density at radius 2 is 2.08 bits per heavy atom. The van der Waals surface area contributed by atoms with E-state index in [-0.39, 0.29) is 24.5 Å².